The minimum absolute atomic E-state index is 0.00411. The topological polar surface area (TPSA) is 96.7 Å². The normalized spacial score (nSPS) is 20.3. The number of carbonyl (C=O) groups is 2. The zero-order chi connectivity index (χ0) is 15.6. The van der Waals surface area contributed by atoms with Crippen molar-refractivity contribution in [2.75, 3.05) is 18.1 Å². The minimum atomic E-state index is -3.19. The number of carboxylic acids is 1. The lowest BCUT2D eigenvalue weighted by Gasteiger charge is -2.26. The first-order chi connectivity index (χ1) is 9.84. The van der Waals surface area contributed by atoms with Gasteiger partial charge in [-0.3, -0.25) is 9.59 Å². The van der Waals surface area contributed by atoms with Gasteiger partial charge in [0.25, 0.3) is 5.91 Å². The van der Waals surface area contributed by atoms with Crippen LogP contribution in [0.2, 0.25) is 0 Å². The van der Waals surface area contributed by atoms with Crippen molar-refractivity contribution in [3.63, 3.8) is 0 Å². The van der Waals surface area contributed by atoms with Crippen molar-refractivity contribution < 1.29 is 23.1 Å². The molecule has 1 aliphatic rings. The molecule has 1 aromatic rings. The number of nitrogens with zero attached hydrogens (tertiary/aromatic N) is 2. The van der Waals surface area contributed by atoms with Gasteiger partial charge in [-0.1, -0.05) is 0 Å². The molecule has 1 aromatic heterocycles. The van der Waals surface area contributed by atoms with Crippen molar-refractivity contribution in [1.82, 2.24) is 9.47 Å². The van der Waals surface area contributed by atoms with Crippen LogP contribution in [0.4, 0.5) is 0 Å². The van der Waals surface area contributed by atoms with Crippen molar-refractivity contribution in [3.8, 4) is 0 Å². The molecule has 0 aliphatic carbocycles. The number of aryl methyl sites for hydroxylation is 1. The molecular formula is C13H18N2O5S. The Bertz CT molecular complexity index is 649. The van der Waals surface area contributed by atoms with Gasteiger partial charge < -0.3 is 14.6 Å². The molecule has 0 saturated carbocycles. The third-order valence-electron chi connectivity index (χ3n) is 3.60. The summed E-state index contributed by atoms with van der Waals surface area (Å²) in [5.41, 5.74) is 0.378. The molecule has 1 amide bonds. The molecule has 21 heavy (non-hydrogen) atoms. The molecule has 0 spiro atoms. The summed E-state index contributed by atoms with van der Waals surface area (Å²) in [6, 6.07) is 2.75. The van der Waals surface area contributed by atoms with Gasteiger partial charge in [-0.05, 0) is 25.5 Å². The van der Waals surface area contributed by atoms with Gasteiger partial charge in [0.2, 0.25) is 0 Å². The fourth-order valence-electron chi connectivity index (χ4n) is 2.56. The van der Waals surface area contributed by atoms with Crippen LogP contribution < -0.4 is 0 Å². The predicted octanol–water partition coefficient (Wildman–Crippen LogP) is 0.222. The second kappa shape index (κ2) is 5.88. The lowest BCUT2D eigenvalue weighted by atomic mass is 10.2. The number of amides is 1. The number of hydrogen-bond donors (Lipinski definition) is 1. The molecule has 1 fully saturated rings. The minimum Gasteiger partial charge on any atom is -0.480 e. The zero-order valence-electron chi connectivity index (χ0n) is 11.7. The molecule has 0 bridgehead atoms. The highest BCUT2D eigenvalue weighted by Crippen LogP contribution is 2.20. The van der Waals surface area contributed by atoms with E-state index in [1.807, 2.05) is 6.92 Å². The van der Waals surface area contributed by atoms with Gasteiger partial charge in [-0.25, -0.2) is 8.42 Å². The Hall–Kier alpha value is -1.83. The Morgan fingerprint density at radius 3 is 2.71 bits per heavy atom. The van der Waals surface area contributed by atoms with Crippen LogP contribution in [0.5, 0.6) is 0 Å². The van der Waals surface area contributed by atoms with Crippen molar-refractivity contribution in [2.45, 2.75) is 25.9 Å². The summed E-state index contributed by atoms with van der Waals surface area (Å²) < 4.78 is 24.9. The Labute approximate surface area is 123 Å². The molecule has 1 saturated heterocycles. The summed E-state index contributed by atoms with van der Waals surface area (Å²) in [7, 11) is -3.19. The summed E-state index contributed by atoms with van der Waals surface area (Å²) in [5, 5.41) is 9.00. The molecule has 0 radical (unpaired) electrons. The number of sulfone groups is 1. The Morgan fingerprint density at radius 1 is 1.48 bits per heavy atom. The maximum Gasteiger partial charge on any atom is 0.323 e. The van der Waals surface area contributed by atoms with Gasteiger partial charge in [-0.15, -0.1) is 0 Å². The second-order valence-corrected chi connectivity index (χ2v) is 7.29. The summed E-state index contributed by atoms with van der Waals surface area (Å²) in [6.07, 6.45) is 2.02. The first-order valence-electron chi connectivity index (χ1n) is 6.72. The van der Waals surface area contributed by atoms with Crippen LogP contribution >= 0.6 is 0 Å². The van der Waals surface area contributed by atoms with Crippen LogP contribution in [-0.2, 0) is 21.2 Å². The molecular weight excluding hydrogens is 296 g/mol. The lowest BCUT2D eigenvalue weighted by Crippen LogP contribution is -2.44. The van der Waals surface area contributed by atoms with Gasteiger partial charge in [0.15, 0.2) is 9.84 Å². The lowest BCUT2D eigenvalue weighted by molar-refractivity contribution is -0.138. The fraction of sp³-hybridized carbons (Fsp3) is 0.538. The Morgan fingerprint density at radius 2 is 2.19 bits per heavy atom. The highest BCUT2D eigenvalue weighted by atomic mass is 32.2. The number of carbonyl (C=O) groups excluding carboxylic acids is 1. The van der Waals surface area contributed by atoms with Gasteiger partial charge in [0, 0.05) is 18.8 Å². The molecule has 2 heterocycles. The smallest absolute Gasteiger partial charge is 0.323 e. The average molecular weight is 314 g/mol. The van der Waals surface area contributed by atoms with E-state index >= 15 is 0 Å². The highest BCUT2D eigenvalue weighted by Gasteiger charge is 2.36. The summed E-state index contributed by atoms with van der Waals surface area (Å²) in [4.78, 5) is 24.7. The first-order valence-corrected chi connectivity index (χ1v) is 8.54. The standard InChI is InChI=1S/C13H18N2O5S/c1-2-14-6-3-4-11(14)13(18)15(8-12(16)17)10-5-7-21(19,20)9-10/h3-4,6,10H,2,5,7-9H2,1H3,(H,16,17). The molecule has 116 valence electrons. The summed E-state index contributed by atoms with van der Waals surface area (Å²) >= 11 is 0. The van der Waals surface area contributed by atoms with Crippen LogP contribution in [0.1, 0.15) is 23.8 Å². The van der Waals surface area contributed by atoms with Crippen molar-refractivity contribution >= 4 is 21.7 Å². The Kier molecular flexibility index (Phi) is 4.36. The molecule has 8 heteroatoms. The van der Waals surface area contributed by atoms with E-state index in [-0.39, 0.29) is 17.9 Å². The van der Waals surface area contributed by atoms with Gasteiger partial charge >= 0.3 is 5.97 Å². The van der Waals surface area contributed by atoms with E-state index in [4.69, 9.17) is 5.11 Å². The maximum absolute atomic E-state index is 12.6. The average Bonchev–Trinajstić information content (AvgIpc) is 3.00. The highest BCUT2D eigenvalue weighted by molar-refractivity contribution is 7.91. The van der Waals surface area contributed by atoms with Crippen LogP contribution in [-0.4, -0.2) is 59.0 Å². The van der Waals surface area contributed by atoms with E-state index in [2.05, 4.69) is 0 Å². The predicted molar refractivity (Wildman–Crippen MR) is 75.8 cm³/mol. The van der Waals surface area contributed by atoms with Crippen LogP contribution in [0.25, 0.3) is 0 Å². The quantitative estimate of drug-likeness (QED) is 0.838. The number of aliphatic carboxylic acids is 1. The molecule has 1 N–H and O–H groups in total. The largest absolute Gasteiger partial charge is 0.480 e. The van der Waals surface area contributed by atoms with E-state index < -0.39 is 34.3 Å². The number of rotatable bonds is 5. The van der Waals surface area contributed by atoms with Crippen LogP contribution in [0.3, 0.4) is 0 Å². The van der Waals surface area contributed by atoms with Crippen molar-refractivity contribution in [3.05, 3.63) is 24.0 Å². The van der Waals surface area contributed by atoms with Crippen molar-refractivity contribution in [1.29, 1.82) is 0 Å². The molecule has 7 nitrogen and oxygen atoms in total. The van der Waals surface area contributed by atoms with Crippen LogP contribution in [0, 0.1) is 0 Å². The van der Waals surface area contributed by atoms with Gasteiger partial charge in [0.05, 0.1) is 11.5 Å². The van der Waals surface area contributed by atoms with Crippen molar-refractivity contribution in [2.24, 2.45) is 0 Å². The number of hydrogen-bond acceptors (Lipinski definition) is 4. The zero-order valence-corrected chi connectivity index (χ0v) is 12.5. The van der Waals surface area contributed by atoms with Gasteiger partial charge in [-0.2, -0.15) is 0 Å². The molecule has 1 atom stereocenters. The molecule has 0 aromatic carbocycles. The monoisotopic (exact) mass is 314 g/mol. The maximum atomic E-state index is 12.6. The van der Waals surface area contributed by atoms with E-state index in [0.29, 0.717) is 12.2 Å². The van der Waals surface area contributed by atoms with E-state index in [1.165, 1.54) is 0 Å². The first kappa shape index (κ1) is 15.6. The third kappa shape index (κ3) is 3.44. The molecule has 1 unspecified atom stereocenters. The number of carboxylic acid groups (broad SMARTS) is 1. The van der Waals surface area contributed by atoms with E-state index in [9.17, 15) is 18.0 Å². The summed E-state index contributed by atoms with van der Waals surface area (Å²) in [5.74, 6) is -1.76. The van der Waals surface area contributed by atoms with E-state index in [0.717, 1.165) is 4.90 Å². The molecule has 2 rings (SSSR count). The summed E-state index contributed by atoms with van der Waals surface area (Å²) in [6.45, 7) is 1.96. The fourth-order valence-corrected chi connectivity index (χ4v) is 4.30. The SMILES string of the molecule is CCn1cccc1C(=O)N(CC(=O)O)C1CCS(=O)(=O)C1. The number of aromatic nitrogens is 1. The molecule has 1 aliphatic heterocycles. The Balaban J connectivity index is 2.28. The van der Waals surface area contributed by atoms with Gasteiger partial charge in [0.1, 0.15) is 12.2 Å². The third-order valence-corrected chi connectivity index (χ3v) is 5.36. The second-order valence-electron chi connectivity index (χ2n) is 5.06. The van der Waals surface area contributed by atoms with Crippen LogP contribution in [0.15, 0.2) is 18.3 Å². The van der Waals surface area contributed by atoms with E-state index in [1.54, 1.807) is 22.9 Å².